The topological polar surface area (TPSA) is 20.2 Å². The number of halogens is 1. The molecule has 0 aliphatic heterocycles. The standard InChI is InChI=1S/C13H19FO/c1-3-4-5-10(2)13(15)11-6-8-12(14)9-7-11/h6-10,13,15H,3-5H2,1-2H3. The number of benzene rings is 1. The van der Waals surface area contributed by atoms with Gasteiger partial charge < -0.3 is 5.11 Å². The van der Waals surface area contributed by atoms with Crippen molar-refractivity contribution in [2.45, 2.75) is 39.2 Å². The minimum atomic E-state index is -0.475. The number of aliphatic hydroxyl groups excluding tert-OH is 1. The Labute approximate surface area is 90.9 Å². The van der Waals surface area contributed by atoms with E-state index in [-0.39, 0.29) is 11.7 Å². The first-order chi connectivity index (χ1) is 7.15. The molecule has 15 heavy (non-hydrogen) atoms. The van der Waals surface area contributed by atoms with Crippen molar-refractivity contribution in [3.63, 3.8) is 0 Å². The Morgan fingerprint density at radius 3 is 2.40 bits per heavy atom. The monoisotopic (exact) mass is 210 g/mol. The van der Waals surface area contributed by atoms with Gasteiger partial charge in [0.05, 0.1) is 6.10 Å². The second-order valence-electron chi connectivity index (χ2n) is 4.12. The van der Waals surface area contributed by atoms with Crippen LogP contribution in [-0.4, -0.2) is 5.11 Å². The SMILES string of the molecule is CCCCC(C)C(O)c1ccc(F)cc1. The van der Waals surface area contributed by atoms with Crippen LogP contribution in [-0.2, 0) is 0 Å². The van der Waals surface area contributed by atoms with E-state index in [1.54, 1.807) is 12.1 Å². The maximum Gasteiger partial charge on any atom is 0.123 e. The van der Waals surface area contributed by atoms with E-state index >= 15 is 0 Å². The van der Waals surface area contributed by atoms with Crippen LogP contribution in [0.1, 0.15) is 44.8 Å². The zero-order valence-corrected chi connectivity index (χ0v) is 9.41. The van der Waals surface area contributed by atoms with E-state index in [0.717, 1.165) is 24.8 Å². The lowest BCUT2D eigenvalue weighted by Crippen LogP contribution is -2.09. The van der Waals surface area contributed by atoms with Gasteiger partial charge in [0.2, 0.25) is 0 Å². The van der Waals surface area contributed by atoms with Crippen LogP contribution in [0.5, 0.6) is 0 Å². The molecular weight excluding hydrogens is 191 g/mol. The molecule has 0 heterocycles. The fourth-order valence-corrected chi connectivity index (χ4v) is 1.67. The van der Waals surface area contributed by atoms with E-state index in [1.165, 1.54) is 12.1 Å². The normalized spacial score (nSPS) is 14.9. The quantitative estimate of drug-likeness (QED) is 0.786. The highest BCUT2D eigenvalue weighted by molar-refractivity contribution is 5.18. The highest BCUT2D eigenvalue weighted by Gasteiger charge is 2.15. The van der Waals surface area contributed by atoms with Gasteiger partial charge in [0.15, 0.2) is 0 Å². The van der Waals surface area contributed by atoms with Crippen LogP contribution >= 0.6 is 0 Å². The van der Waals surface area contributed by atoms with Crippen molar-refractivity contribution in [1.29, 1.82) is 0 Å². The molecule has 0 fully saturated rings. The molecule has 0 spiro atoms. The number of aliphatic hydroxyl groups is 1. The Morgan fingerprint density at radius 2 is 1.87 bits per heavy atom. The minimum Gasteiger partial charge on any atom is -0.388 e. The average molecular weight is 210 g/mol. The lowest BCUT2D eigenvalue weighted by Gasteiger charge is -2.18. The summed E-state index contributed by atoms with van der Waals surface area (Å²) in [4.78, 5) is 0. The van der Waals surface area contributed by atoms with Gasteiger partial charge in [-0.15, -0.1) is 0 Å². The van der Waals surface area contributed by atoms with Gasteiger partial charge in [-0.3, -0.25) is 0 Å². The van der Waals surface area contributed by atoms with Crippen LogP contribution in [0.15, 0.2) is 24.3 Å². The third-order valence-electron chi connectivity index (χ3n) is 2.76. The molecule has 1 rings (SSSR count). The molecule has 0 amide bonds. The minimum absolute atomic E-state index is 0.232. The van der Waals surface area contributed by atoms with Crippen molar-refractivity contribution < 1.29 is 9.50 Å². The average Bonchev–Trinajstić information content (AvgIpc) is 2.26. The maximum atomic E-state index is 12.7. The number of rotatable bonds is 5. The molecule has 2 atom stereocenters. The van der Waals surface area contributed by atoms with Crippen LogP contribution in [0, 0.1) is 11.7 Å². The molecule has 1 aromatic carbocycles. The zero-order valence-electron chi connectivity index (χ0n) is 9.41. The summed E-state index contributed by atoms with van der Waals surface area (Å²) in [5.74, 6) is -0.0254. The van der Waals surface area contributed by atoms with Crippen molar-refractivity contribution in [3.8, 4) is 0 Å². The maximum absolute atomic E-state index is 12.7. The van der Waals surface area contributed by atoms with Gasteiger partial charge in [-0.05, 0) is 30.0 Å². The lowest BCUT2D eigenvalue weighted by molar-refractivity contribution is 0.111. The molecule has 84 valence electrons. The van der Waals surface area contributed by atoms with Gasteiger partial charge in [0, 0.05) is 0 Å². The predicted molar refractivity (Wildman–Crippen MR) is 60.0 cm³/mol. The van der Waals surface area contributed by atoms with Gasteiger partial charge >= 0.3 is 0 Å². The first-order valence-electron chi connectivity index (χ1n) is 5.58. The van der Waals surface area contributed by atoms with Crippen LogP contribution in [0.25, 0.3) is 0 Å². The Morgan fingerprint density at radius 1 is 1.27 bits per heavy atom. The Balaban J connectivity index is 2.59. The number of hydrogen-bond donors (Lipinski definition) is 1. The van der Waals surface area contributed by atoms with Crippen LogP contribution in [0.4, 0.5) is 4.39 Å². The van der Waals surface area contributed by atoms with E-state index in [0.29, 0.717) is 0 Å². The van der Waals surface area contributed by atoms with Gasteiger partial charge in [-0.2, -0.15) is 0 Å². The highest BCUT2D eigenvalue weighted by Crippen LogP contribution is 2.25. The second-order valence-corrected chi connectivity index (χ2v) is 4.12. The molecule has 0 saturated heterocycles. The molecule has 2 heteroatoms. The van der Waals surface area contributed by atoms with Gasteiger partial charge in [-0.25, -0.2) is 4.39 Å². The molecular formula is C13H19FO. The molecule has 2 unspecified atom stereocenters. The fourth-order valence-electron chi connectivity index (χ4n) is 1.67. The van der Waals surface area contributed by atoms with Crippen molar-refractivity contribution in [2.24, 2.45) is 5.92 Å². The first kappa shape index (κ1) is 12.2. The van der Waals surface area contributed by atoms with Gasteiger partial charge in [0.25, 0.3) is 0 Å². The van der Waals surface area contributed by atoms with E-state index in [1.807, 2.05) is 6.92 Å². The van der Waals surface area contributed by atoms with Crippen LogP contribution in [0.3, 0.4) is 0 Å². The molecule has 0 aromatic heterocycles. The smallest absolute Gasteiger partial charge is 0.123 e. The summed E-state index contributed by atoms with van der Waals surface area (Å²) in [5, 5.41) is 9.98. The lowest BCUT2D eigenvalue weighted by atomic mass is 9.93. The van der Waals surface area contributed by atoms with Gasteiger partial charge in [-0.1, -0.05) is 38.8 Å². The van der Waals surface area contributed by atoms with Gasteiger partial charge in [0.1, 0.15) is 5.82 Å². The van der Waals surface area contributed by atoms with Crippen molar-refractivity contribution in [2.75, 3.05) is 0 Å². The Bertz CT molecular complexity index is 281. The molecule has 1 nitrogen and oxygen atoms in total. The van der Waals surface area contributed by atoms with E-state index < -0.39 is 6.10 Å². The Kier molecular flexibility index (Phi) is 4.76. The third kappa shape index (κ3) is 3.63. The van der Waals surface area contributed by atoms with E-state index in [2.05, 4.69) is 6.92 Å². The summed E-state index contributed by atoms with van der Waals surface area (Å²) in [5.41, 5.74) is 0.806. The molecule has 1 N–H and O–H groups in total. The van der Waals surface area contributed by atoms with Crippen molar-refractivity contribution >= 4 is 0 Å². The van der Waals surface area contributed by atoms with Crippen molar-refractivity contribution in [1.82, 2.24) is 0 Å². The summed E-state index contributed by atoms with van der Waals surface area (Å²) in [7, 11) is 0. The highest BCUT2D eigenvalue weighted by atomic mass is 19.1. The fraction of sp³-hybridized carbons (Fsp3) is 0.538. The molecule has 0 radical (unpaired) electrons. The first-order valence-corrected chi connectivity index (χ1v) is 5.58. The van der Waals surface area contributed by atoms with E-state index in [9.17, 15) is 9.50 Å². The number of hydrogen-bond acceptors (Lipinski definition) is 1. The summed E-state index contributed by atoms with van der Waals surface area (Å²) < 4.78 is 12.7. The molecule has 1 aromatic rings. The summed E-state index contributed by atoms with van der Waals surface area (Å²) in [6.07, 6.45) is 2.80. The molecule has 0 aliphatic rings. The predicted octanol–water partition coefficient (Wildman–Crippen LogP) is 3.69. The van der Waals surface area contributed by atoms with Crippen molar-refractivity contribution in [3.05, 3.63) is 35.6 Å². The molecule has 0 bridgehead atoms. The number of unbranched alkanes of at least 4 members (excludes halogenated alkanes) is 1. The van der Waals surface area contributed by atoms with Crippen LogP contribution in [0.2, 0.25) is 0 Å². The summed E-state index contributed by atoms with van der Waals surface area (Å²) in [6, 6.07) is 6.10. The van der Waals surface area contributed by atoms with Crippen LogP contribution < -0.4 is 0 Å². The zero-order chi connectivity index (χ0) is 11.3. The third-order valence-corrected chi connectivity index (χ3v) is 2.76. The van der Waals surface area contributed by atoms with E-state index in [4.69, 9.17) is 0 Å². The second kappa shape index (κ2) is 5.86. The Hall–Kier alpha value is -0.890. The summed E-state index contributed by atoms with van der Waals surface area (Å²) >= 11 is 0. The largest absolute Gasteiger partial charge is 0.388 e. The molecule has 0 aliphatic carbocycles. The summed E-state index contributed by atoms with van der Waals surface area (Å²) in [6.45, 7) is 4.17. The molecule has 0 saturated carbocycles.